The van der Waals surface area contributed by atoms with Gasteiger partial charge in [0.05, 0.1) is 6.04 Å². The third-order valence-corrected chi connectivity index (χ3v) is 3.04. The molecule has 6 heteroatoms. The molecule has 0 aromatic carbocycles. The van der Waals surface area contributed by atoms with Gasteiger partial charge in [-0.3, -0.25) is 4.79 Å². The number of fused-ring (bicyclic) bond motifs is 1. The molecule has 1 N–H and O–H groups in total. The summed E-state index contributed by atoms with van der Waals surface area (Å²) in [7, 11) is 0. The van der Waals surface area contributed by atoms with E-state index in [2.05, 4.69) is 22.2 Å². The zero-order valence-electron chi connectivity index (χ0n) is 8.76. The summed E-state index contributed by atoms with van der Waals surface area (Å²) >= 11 is 11.6. The Morgan fingerprint density at radius 3 is 2.81 bits per heavy atom. The summed E-state index contributed by atoms with van der Waals surface area (Å²) in [6.45, 7) is 2.09. The number of amides is 1. The number of nitrogens with zero attached hydrogens (tertiary/aromatic N) is 2. The second-order valence-corrected chi connectivity index (χ2v) is 4.41. The Hall–Kier alpha value is -0.870. The van der Waals surface area contributed by atoms with Gasteiger partial charge >= 0.3 is 0 Å². The van der Waals surface area contributed by atoms with Crippen molar-refractivity contribution in [3.05, 3.63) is 21.7 Å². The summed E-state index contributed by atoms with van der Waals surface area (Å²) in [5.74, 6) is -0.220. The molecular formula is C10H11Cl2N3O. The van der Waals surface area contributed by atoms with Gasteiger partial charge in [0.1, 0.15) is 10.8 Å². The van der Waals surface area contributed by atoms with E-state index in [0.717, 1.165) is 19.3 Å². The molecule has 2 heterocycles. The molecule has 1 aromatic heterocycles. The lowest BCUT2D eigenvalue weighted by molar-refractivity contribution is 0.0950. The number of hydrogen-bond donors (Lipinski definition) is 1. The van der Waals surface area contributed by atoms with E-state index >= 15 is 0 Å². The maximum absolute atomic E-state index is 11.6. The molecule has 86 valence electrons. The summed E-state index contributed by atoms with van der Waals surface area (Å²) < 4.78 is 0. The molecule has 1 aliphatic heterocycles. The molecule has 4 nitrogen and oxygen atoms in total. The van der Waals surface area contributed by atoms with E-state index in [4.69, 9.17) is 23.2 Å². The standard InChI is InChI=1S/C10H11Cl2N3O/c1-2-3-4-5-6-7(9(16)13-5)14-10(12)15-8(6)11/h5H,2-4H2,1H3,(H,13,16). The summed E-state index contributed by atoms with van der Waals surface area (Å²) in [5.41, 5.74) is 0.996. The molecule has 1 aromatic rings. The Bertz CT molecular complexity index is 436. The zero-order chi connectivity index (χ0) is 11.7. The quantitative estimate of drug-likeness (QED) is 0.671. The lowest BCUT2D eigenvalue weighted by atomic mass is 10.1. The van der Waals surface area contributed by atoms with Gasteiger partial charge < -0.3 is 5.32 Å². The van der Waals surface area contributed by atoms with E-state index in [9.17, 15) is 4.79 Å². The van der Waals surface area contributed by atoms with Crippen LogP contribution in [0.5, 0.6) is 0 Å². The molecule has 1 aliphatic rings. The van der Waals surface area contributed by atoms with Gasteiger partial charge in [0.15, 0.2) is 0 Å². The molecule has 0 spiro atoms. The number of halogens is 2. The molecule has 1 unspecified atom stereocenters. The third-order valence-electron chi connectivity index (χ3n) is 2.59. The summed E-state index contributed by atoms with van der Waals surface area (Å²) in [4.78, 5) is 19.4. The van der Waals surface area contributed by atoms with Crippen molar-refractivity contribution in [1.82, 2.24) is 15.3 Å². The van der Waals surface area contributed by atoms with E-state index in [1.54, 1.807) is 0 Å². The number of unbranched alkanes of at least 4 members (excludes halogenated alkanes) is 1. The predicted octanol–water partition coefficient (Wildman–Crippen LogP) is 2.76. The van der Waals surface area contributed by atoms with E-state index in [-0.39, 0.29) is 22.4 Å². The normalized spacial score (nSPS) is 18.4. The first-order valence-electron chi connectivity index (χ1n) is 5.17. The monoisotopic (exact) mass is 259 g/mol. The molecule has 0 radical (unpaired) electrons. The summed E-state index contributed by atoms with van der Waals surface area (Å²) in [6, 6.07) is -0.0767. The molecule has 0 saturated heterocycles. The molecule has 1 amide bonds. The fourth-order valence-corrected chi connectivity index (χ4v) is 2.34. The molecule has 1 atom stereocenters. The highest BCUT2D eigenvalue weighted by Gasteiger charge is 2.33. The molecule has 0 aliphatic carbocycles. The fourth-order valence-electron chi connectivity index (χ4n) is 1.82. The van der Waals surface area contributed by atoms with Crippen LogP contribution in [0.3, 0.4) is 0 Å². The topological polar surface area (TPSA) is 54.9 Å². The average Bonchev–Trinajstić information content (AvgIpc) is 2.53. The van der Waals surface area contributed by atoms with Crippen LogP contribution in [0.2, 0.25) is 10.4 Å². The van der Waals surface area contributed by atoms with Crippen molar-refractivity contribution in [3.63, 3.8) is 0 Å². The van der Waals surface area contributed by atoms with Crippen molar-refractivity contribution in [3.8, 4) is 0 Å². The predicted molar refractivity (Wildman–Crippen MR) is 61.8 cm³/mol. The Morgan fingerprint density at radius 1 is 1.38 bits per heavy atom. The van der Waals surface area contributed by atoms with Crippen LogP contribution < -0.4 is 5.32 Å². The van der Waals surface area contributed by atoms with Crippen molar-refractivity contribution in [2.24, 2.45) is 0 Å². The molecule has 0 fully saturated rings. The molecular weight excluding hydrogens is 249 g/mol. The smallest absolute Gasteiger partial charge is 0.270 e. The van der Waals surface area contributed by atoms with Gasteiger partial charge in [-0.05, 0) is 18.0 Å². The summed E-state index contributed by atoms with van der Waals surface area (Å²) in [5, 5.41) is 3.12. The van der Waals surface area contributed by atoms with Crippen LogP contribution in [0.4, 0.5) is 0 Å². The minimum Gasteiger partial charge on any atom is -0.344 e. The second-order valence-electron chi connectivity index (χ2n) is 3.71. The van der Waals surface area contributed by atoms with Crippen molar-refractivity contribution in [2.45, 2.75) is 32.2 Å². The minimum atomic E-state index is -0.220. The Morgan fingerprint density at radius 2 is 2.12 bits per heavy atom. The van der Waals surface area contributed by atoms with Crippen LogP contribution in [0.25, 0.3) is 0 Å². The van der Waals surface area contributed by atoms with Gasteiger partial charge in [-0.1, -0.05) is 31.4 Å². The van der Waals surface area contributed by atoms with Gasteiger partial charge in [0.2, 0.25) is 5.28 Å². The average molecular weight is 260 g/mol. The number of rotatable bonds is 3. The van der Waals surface area contributed by atoms with Gasteiger partial charge in [-0.25, -0.2) is 9.97 Å². The number of aromatic nitrogens is 2. The van der Waals surface area contributed by atoms with Crippen LogP contribution in [0.1, 0.15) is 48.3 Å². The van der Waals surface area contributed by atoms with E-state index < -0.39 is 0 Å². The highest BCUT2D eigenvalue weighted by atomic mass is 35.5. The Kier molecular flexibility index (Phi) is 3.30. The third kappa shape index (κ3) is 1.99. The fraction of sp³-hybridized carbons (Fsp3) is 0.500. The number of hydrogen-bond acceptors (Lipinski definition) is 3. The largest absolute Gasteiger partial charge is 0.344 e. The Labute approximate surface area is 103 Å². The second kappa shape index (κ2) is 4.55. The number of carbonyl (C=O) groups is 1. The highest BCUT2D eigenvalue weighted by molar-refractivity contribution is 6.33. The Balaban J connectivity index is 2.37. The first-order chi connectivity index (χ1) is 7.63. The maximum atomic E-state index is 11.6. The molecule has 2 rings (SSSR count). The lowest BCUT2D eigenvalue weighted by Gasteiger charge is -2.10. The van der Waals surface area contributed by atoms with Crippen LogP contribution in [0.15, 0.2) is 0 Å². The van der Waals surface area contributed by atoms with Crippen LogP contribution in [0, 0.1) is 0 Å². The number of nitrogens with one attached hydrogen (secondary N) is 1. The maximum Gasteiger partial charge on any atom is 0.270 e. The first kappa shape index (κ1) is 11.6. The van der Waals surface area contributed by atoms with E-state index in [0.29, 0.717) is 11.3 Å². The van der Waals surface area contributed by atoms with Gasteiger partial charge in [-0.15, -0.1) is 0 Å². The van der Waals surface area contributed by atoms with Crippen LogP contribution in [-0.2, 0) is 0 Å². The molecule has 0 saturated carbocycles. The molecule has 0 bridgehead atoms. The van der Waals surface area contributed by atoms with Crippen molar-refractivity contribution in [2.75, 3.05) is 0 Å². The highest BCUT2D eigenvalue weighted by Crippen LogP contribution is 2.33. The molecule has 16 heavy (non-hydrogen) atoms. The van der Waals surface area contributed by atoms with Crippen LogP contribution in [-0.4, -0.2) is 15.9 Å². The van der Waals surface area contributed by atoms with Crippen molar-refractivity contribution in [1.29, 1.82) is 0 Å². The van der Waals surface area contributed by atoms with E-state index in [1.165, 1.54) is 0 Å². The minimum absolute atomic E-state index is 0.00930. The summed E-state index contributed by atoms with van der Waals surface area (Å²) in [6.07, 6.45) is 2.93. The van der Waals surface area contributed by atoms with Crippen molar-refractivity contribution < 1.29 is 4.79 Å². The lowest BCUT2D eigenvalue weighted by Crippen LogP contribution is -2.19. The first-order valence-corrected chi connectivity index (χ1v) is 5.93. The van der Waals surface area contributed by atoms with Gasteiger partial charge in [-0.2, -0.15) is 0 Å². The van der Waals surface area contributed by atoms with Gasteiger partial charge in [0.25, 0.3) is 5.91 Å². The number of carbonyl (C=O) groups excluding carboxylic acids is 1. The SMILES string of the molecule is CCCCC1NC(=O)c2nc(Cl)nc(Cl)c21. The van der Waals surface area contributed by atoms with E-state index in [1.807, 2.05) is 0 Å². The van der Waals surface area contributed by atoms with Crippen LogP contribution >= 0.6 is 23.2 Å². The van der Waals surface area contributed by atoms with Gasteiger partial charge in [0, 0.05) is 5.56 Å². The van der Waals surface area contributed by atoms with Crippen molar-refractivity contribution >= 4 is 29.1 Å². The zero-order valence-corrected chi connectivity index (χ0v) is 10.3.